The highest BCUT2D eigenvalue weighted by molar-refractivity contribution is 7.99. The third kappa shape index (κ3) is 7.29. The van der Waals surface area contributed by atoms with Crippen LogP contribution in [0.5, 0.6) is 5.75 Å². The number of rotatable bonds is 8. The first kappa shape index (κ1) is 25.7. The largest absolute Gasteiger partial charge is 0.435 e. The Balaban J connectivity index is 1.48. The molecule has 0 bridgehead atoms. The number of nitrogen functional groups attached to an aromatic ring is 1. The van der Waals surface area contributed by atoms with Crippen LogP contribution in [0.25, 0.3) is 11.4 Å². The number of hydrogen-bond donors (Lipinski definition) is 2. The Labute approximate surface area is 200 Å². The molecule has 2 aromatic rings. The van der Waals surface area contributed by atoms with Crippen LogP contribution in [0, 0.1) is 0 Å². The van der Waals surface area contributed by atoms with Crippen LogP contribution in [-0.4, -0.2) is 87.1 Å². The summed E-state index contributed by atoms with van der Waals surface area (Å²) in [5, 5.41) is 11.4. The lowest BCUT2D eigenvalue weighted by molar-refractivity contribution is -0.130. The first-order valence-corrected chi connectivity index (χ1v) is 11.7. The smallest absolute Gasteiger partial charge is 0.387 e. The van der Waals surface area contributed by atoms with Crippen molar-refractivity contribution in [1.29, 1.82) is 0 Å². The summed E-state index contributed by atoms with van der Waals surface area (Å²) < 4.78 is 30.2. The van der Waals surface area contributed by atoms with Crippen LogP contribution in [0.3, 0.4) is 0 Å². The molecule has 0 saturated carbocycles. The fourth-order valence-corrected chi connectivity index (χ4v) is 4.15. The van der Waals surface area contributed by atoms with E-state index in [-0.39, 0.29) is 28.9 Å². The molecular weight excluding hydrogens is 468 g/mol. The lowest BCUT2D eigenvalue weighted by atomic mass is 10.1. The van der Waals surface area contributed by atoms with E-state index in [1.165, 1.54) is 28.6 Å². The molecule has 1 aromatic heterocycles. The van der Waals surface area contributed by atoms with Gasteiger partial charge in [0.1, 0.15) is 5.75 Å². The second-order valence-electron chi connectivity index (χ2n) is 8.82. The fourth-order valence-electron chi connectivity index (χ4n) is 3.39. The van der Waals surface area contributed by atoms with Gasteiger partial charge >= 0.3 is 6.61 Å². The zero-order chi connectivity index (χ0) is 24.9. The topological polar surface area (TPSA) is 119 Å². The molecule has 1 saturated heterocycles. The van der Waals surface area contributed by atoms with Crippen molar-refractivity contribution >= 4 is 23.6 Å². The van der Waals surface area contributed by atoms with Gasteiger partial charge in [0, 0.05) is 37.3 Å². The Morgan fingerprint density at radius 1 is 1.15 bits per heavy atom. The second-order valence-corrected chi connectivity index (χ2v) is 9.77. The number of thioether (sulfide) groups is 1. The third-order valence-corrected chi connectivity index (χ3v) is 5.86. The maximum Gasteiger partial charge on any atom is 0.387 e. The Hall–Kier alpha value is -2.93. The van der Waals surface area contributed by atoms with Gasteiger partial charge in [0.05, 0.1) is 12.3 Å². The maximum atomic E-state index is 12.6. The number of carbonyl (C=O) groups is 2. The molecule has 3 N–H and O–H groups in total. The summed E-state index contributed by atoms with van der Waals surface area (Å²) in [7, 11) is 0. The van der Waals surface area contributed by atoms with Gasteiger partial charge in [-0.05, 0) is 45.0 Å². The van der Waals surface area contributed by atoms with Crippen LogP contribution in [0.15, 0.2) is 29.4 Å². The number of amides is 2. The second kappa shape index (κ2) is 11.0. The van der Waals surface area contributed by atoms with Gasteiger partial charge in [0.25, 0.3) is 0 Å². The molecule has 1 aliphatic rings. The van der Waals surface area contributed by atoms with E-state index in [0.717, 1.165) is 0 Å². The zero-order valence-corrected chi connectivity index (χ0v) is 20.1. The lowest BCUT2D eigenvalue weighted by Gasteiger charge is -2.34. The van der Waals surface area contributed by atoms with Crippen molar-refractivity contribution in [2.45, 2.75) is 38.1 Å². The van der Waals surface area contributed by atoms with Crippen LogP contribution < -0.4 is 15.9 Å². The molecule has 3 rings (SSSR count). The molecule has 1 aliphatic heterocycles. The Bertz CT molecular complexity index is 987. The molecule has 0 unspecified atom stereocenters. The molecular formula is C21H29F2N7O3S. The summed E-state index contributed by atoms with van der Waals surface area (Å²) in [6.45, 7) is 5.53. The Morgan fingerprint density at radius 3 is 2.38 bits per heavy atom. The first-order chi connectivity index (χ1) is 16.0. The molecule has 13 heteroatoms. The number of nitrogens with one attached hydrogen (secondary N) is 1. The molecule has 1 fully saturated rings. The zero-order valence-electron chi connectivity index (χ0n) is 19.3. The van der Waals surface area contributed by atoms with Crippen molar-refractivity contribution in [3.63, 3.8) is 0 Å². The maximum absolute atomic E-state index is 12.6. The van der Waals surface area contributed by atoms with E-state index in [9.17, 15) is 18.4 Å². The predicted molar refractivity (Wildman–Crippen MR) is 124 cm³/mol. The highest BCUT2D eigenvalue weighted by Crippen LogP contribution is 2.24. The monoisotopic (exact) mass is 497 g/mol. The molecule has 186 valence electrons. The number of benzene rings is 1. The molecule has 0 aliphatic carbocycles. The highest BCUT2D eigenvalue weighted by Gasteiger charge is 2.24. The van der Waals surface area contributed by atoms with E-state index in [2.05, 4.69) is 20.3 Å². The van der Waals surface area contributed by atoms with Crippen molar-refractivity contribution < 1.29 is 23.1 Å². The molecule has 1 aromatic carbocycles. The van der Waals surface area contributed by atoms with Crippen molar-refractivity contribution in [2.75, 3.05) is 44.3 Å². The van der Waals surface area contributed by atoms with Gasteiger partial charge in [0.15, 0.2) is 5.82 Å². The van der Waals surface area contributed by atoms with Crippen LogP contribution >= 0.6 is 11.8 Å². The van der Waals surface area contributed by atoms with Gasteiger partial charge < -0.3 is 20.8 Å². The first-order valence-electron chi connectivity index (χ1n) is 10.7. The normalized spacial score (nSPS) is 14.9. The van der Waals surface area contributed by atoms with E-state index in [1.54, 1.807) is 17.0 Å². The number of halogens is 2. The number of alkyl halides is 2. The van der Waals surface area contributed by atoms with E-state index >= 15 is 0 Å². The van der Waals surface area contributed by atoms with Gasteiger partial charge in [-0.3, -0.25) is 14.5 Å². The molecule has 0 spiro atoms. The van der Waals surface area contributed by atoms with Crippen LogP contribution in [0.2, 0.25) is 0 Å². The van der Waals surface area contributed by atoms with Gasteiger partial charge in [-0.15, -0.1) is 10.2 Å². The summed E-state index contributed by atoms with van der Waals surface area (Å²) >= 11 is 1.17. The van der Waals surface area contributed by atoms with Crippen molar-refractivity contribution in [3.05, 3.63) is 24.3 Å². The summed E-state index contributed by atoms with van der Waals surface area (Å²) in [6.07, 6.45) is 0. The summed E-state index contributed by atoms with van der Waals surface area (Å²) in [4.78, 5) is 28.5. The number of hydrogen-bond acceptors (Lipinski definition) is 8. The molecule has 2 heterocycles. The minimum absolute atomic E-state index is 0.0250. The number of ether oxygens (including phenoxy) is 1. The van der Waals surface area contributed by atoms with Crippen molar-refractivity contribution in [1.82, 2.24) is 30.0 Å². The molecule has 2 amide bonds. The SMILES string of the molecule is CC(C)(C)NC(=O)CN1CCN(C(=O)CSc2nnc(-c3ccc(OC(F)F)cc3)n2N)CC1. The van der Waals surface area contributed by atoms with E-state index in [0.29, 0.717) is 49.3 Å². The summed E-state index contributed by atoms with van der Waals surface area (Å²) in [6, 6.07) is 5.87. The quantitative estimate of drug-likeness (QED) is 0.415. The van der Waals surface area contributed by atoms with Gasteiger partial charge in [-0.25, -0.2) is 4.68 Å². The van der Waals surface area contributed by atoms with Gasteiger partial charge in [0.2, 0.25) is 17.0 Å². The summed E-state index contributed by atoms with van der Waals surface area (Å²) in [5.74, 6) is 6.49. The van der Waals surface area contributed by atoms with Crippen LogP contribution in [0.4, 0.5) is 8.78 Å². The van der Waals surface area contributed by atoms with Crippen LogP contribution in [-0.2, 0) is 9.59 Å². The van der Waals surface area contributed by atoms with Gasteiger partial charge in [-0.2, -0.15) is 8.78 Å². The standard InChI is InChI=1S/C21H29F2N7O3S/c1-21(2,3)25-16(31)12-28-8-10-29(11-9-28)17(32)13-34-20-27-26-18(30(20)24)14-4-6-15(7-5-14)33-19(22)23/h4-7,19H,8-13,24H2,1-3H3,(H,25,31). The number of nitrogens with zero attached hydrogens (tertiary/aromatic N) is 5. The fraction of sp³-hybridized carbons (Fsp3) is 0.524. The minimum Gasteiger partial charge on any atom is -0.435 e. The van der Waals surface area contributed by atoms with E-state index in [1.807, 2.05) is 25.7 Å². The van der Waals surface area contributed by atoms with E-state index < -0.39 is 6.61 Å². The van der Waals surface area contributed by atoms with Crippen molar-refractivity contribution in [3.8, 4) is 17.1 Å². The van der Waals surface area contributed by atoms with Crippen LogP contribution in [0.1, 0.15) is 20.8 Å². The number of piperazine rings is 1. The Morgan fingerprint density at radius 2 is 1.79 bits per heavy atom. The number of aromatic nitrogens is 3. The Kier molecular flexibility index (Phi) is 8.31. The molecule has 0 radical (unpaired) electrons. The molecule has 0 atom stereocenters. The molecule has 10 nitrogen and oxygen atoms in total. The lowest BCUT2D eigenvalue weighted by Crippen LogP contribution is -2.53. The third-order valence-electron chi connectivity index (χ3n) is 4.93. The predicted octanol–water partition coefficient (Wildman–Crippen LogP) is 1.41. The van der Waals surface area contributed by atoms with Crippen molar-refractivity contribution in [2.24, 2.45) is 0 Å². The van der Waals surface area contributed by atoms with E-state index in [4.69, 9.17) is 5.84 Å². The number of carbonyl (C=O) groups excluding carboxylic acids is 2. The highest BCUT2D eigenvalue weighted by atomic mass is 32.2. The minimum atomic E-state index is -2.90. The number of nitrogens with two attached hydrogens (primary N) is 1. The molecule has 34 heavy (non-hydrogen) atoms. The average Bonchev–Trinajstić information content (AvgIpc) is 3.11. The average molecular weight is 498 g/mol. The van der Waals surface area contributed by atoms with Gasteiger partial charge in [-0.1, -0.05) is 11.8 Å². The summed E-state index contributed by atoms with van der Waals surface area (Å²) in [5.41, 5.74) is 0.295.